The lowest BCUT2D eigenvalue weighted by Crippen LogP contribution is -1.97. The van der Waals surface area contributed by atoms with E-state index in [1.807, 2.05) is 0 Å². The van der Waals surface area contributed by atoms with Crippen LogP contribution in [0.2, 0.25) is 5.22 Å². The third kappa shape index (κ3) is 3.02. The minimum Gasteiger partial charge on any atom is -0.493 e. The van der Waals surface area contributed by atoms with Gasteiger partial charge in [-0.05, 0) is 41.4 Å². The van der Waals surface area contributed by atoms with E-state index in [4.69, 9.17) is 37.1 Å². The van der Waals surface area contributed by atoms with Crippen LogP contribution in [0.15, 0.2) is 33.2 Å². The van der Waals surface area contributed by atoms with Crippen molar-refractivity contribution in [3.05, 3.63) is 45.3 Å². The summed E-state index contributed by atoms with van der Waals surface area (Å²) in [6.45, 7) is 0. The first-order valence-corrected chi connectivity index (χ1v) is 6.98. The second-order valence-electron chi connectivity index (χ2n) is 3.73. The van der Waals surface area contributed by atoms with Crippen LogP contribution in [0, 0.1) is 0 Å². The number of rotatable bonds is 4. The summed E-state index contributed by atoms with van der Waals surface area (Å²) in [4.78, 5) is 0. The lowest BCUT2D eigenvalue weighted by molar-refractivity contribution is 0.354. The molecular weight excluding hydrogens is 355 g/mol. The summed E-state index contributed by atoms with van der Waals surface area (Å²) in [6.07, 6.45) is 0. The first-order chi connectivity index (χ1) is 9.06. The standard InChI is InChI=1S/C13H11BrCl2O3/c1-17-10-5-7(8(14)6-11(10)18-2)13(16)9-3-4-12(15)19-9/h3-6,13H,1-2H3. The summed E-state index contributed by atoms with van der Waals surface area (Å²) < 4.78 is 16.6. The van der Waals surface area contributed by atoms with Gasteiger partial charge in [-0.15, -0.1) is 11.6 Å². The van der Waals surface area contributed by atoms with Crippen LogP contribution in [0.1, 0.15) is 16.7 Å². The summed E-state index contributed by atoms with van der Waals surface area (Å²) in [6, 6.07) is 7.00. The Labute approximate surface area is 129 Å². The van der Waals surface area contributed by atoms with Crippen molar-refractivity contribution in [3.63, 3.8) is 0 Å². The summed E-state index contributed by atoms with van der Waals surface area (Å²) in [5, 5.41) is -0.168. The second-order valence-corrected chi connectivity index (χ2v) is 5.40. The van der Waals surface area contributed by atoms with Crippen LogP contribution in [-0.4, -0.2) is 14.2 Å². The van der Waals surface area contributed by atoms with Gasteiger partial charge in [0.05, 0.1) is 14.2 Å². The highest BCUT2D eigenvalue weighted by atomic mass is 79.9. The Morgan fingerprint density at radius 1 is 1.16 bits per heavy atom. The molecule has 1 aromatic heterocycles. The van der Waals surface area contributed by atoms with E-state index in [-0.39, 0.29) is 0 Å². The van der Waals surface area contributed by atoms with Crippen molar-refractivity contribution in [3.8, 4) is 11.5 Å². The second kappa shape index (κ2) is 6.07. The van der Waals surface area contributed by atoms with Crippen LogP contribution in [0.4, 0.5) is 0 Å². The van der Waals surface area contributed by atoms with Crippen LogP contribution in [0.25, 0.3) is 0 Å². The molecule has 0 amide bonds. The summed E-state index contributed by atoms with van der Waals surface area (Å²) in [5.74, 6) is 1.79. The average molecular weight is 366 g/mol. The number of hydrogen-bond acceptors (Lipinski definition) is 3. The van der Waals surface area contributed by atoms with Crippen LogP contribution in [0.3, 0.4) is 0 Å². The van der Waals surface area contributed by atoms with E-state index in [2.05, 4.69) is 15.9 Å². The van der Waals surface area contributed by atoms with Crippen molar-refractivity contribution >= 4 is 39.1 Å². The van der Waals surface area contributed by atoms with Gasteiger partial charge in [0.1, 0.15) is 11.1 Å². The molecule has 3 nitrogen and oxygen atoms in total. The Balaban J connectivity index is 2.44. The fourth-order valence-electron chi connectivity index (χ4n) is 1.68. The van der Waals surface area contributed by atoms with Crippen LogP contribution in [-0.2, 0) is 0 Å². The molecule has 6 heteroatoms. The molecule has 0 fully saturated rings. The highest BCUT2D eigenvalue weighted by Gasteiger charge is 2.20. The van der Waals surface area contributed by atoms with Gasteiger partial charge in [0.25, 0.3) is 0 Å². The monoisotopic (exact) mass is 364 g/mol. The van der Waals surface area contributed by atoms with E-state index in [9.17, 15) is 0 Å². The molecule has 0 aliphatic rings. The molecule has 0 saturated heterocycles. The highest BCUT2D eigenvalue weighted by Crippen LogP contribution is 2.41. The quantitative estimate of drug-likeness (QED) is 0.711. The normalized spacial score (nSPS) is 12.3. The van der Waals surface area contributed by atoms with Gasteiger partial charge in [0.15, 0.2) is 16.7 Å². The van der Waals surface area contributed by atoms with Crippen molar-refractivity contribution in [1.29, 1.82) is 0 Å². The van der Waals surface area contributed by atoms with Crippen LogP contribution >= 0.6 is 39.1 Å². The predicted molar refractivity (Wildman–Crippen MR) is 78.7 cm³/mol. The average Bonchev–Trinajstić information content (AvgIpc) is 2.84. The Morgan fingerprint density at radius 2 is 1.79 bits per heavy atom. The lowest BCUT2D eigenvalue weighted by Gasteiger charge is -2.14. The zero-order valence-electron chi connectivity index (χ0n) is 10.2. The Hall–Kier alpha value is -0.840. The summed E-state index contributed by atoms with van der Waals surface area (Å²) >= 11 is 15.6. The van der Waals surface area contributed by atoms with Crippen molar-refractivity contribution in [2.75, 3.05) is 14.2 Å². The summed E-state index contributed by atoms with van der Waals surface area (Å²) in [5.41, 5.74) is 0.810. The fourth-order valence-corrected chi connectivity index (χ4v) is 2.81. The number of furan rings is 1. The molecule has 1 atom stereocenters. The zero-order valence-corrected chi connectivity index (χ0v) is 13.3. The van der Waals surface area contributed by atoms with Crippen molar-refractivity contribution in [2.45, 2.75) is 5.38 Å². The zero-order chi connectivity index (χ0) is 14.0. The summed E-state index contributed by atoms with van der Waals surface area (Å²) in [7, 11) is 3.15. The van der Waals surface area contributed by atoms with Crippen molar-refractivity contribution < 1.29 is 13.9 Å². The maximum absolute atomic E-state index is 6.40. The molecule has 1 heterocycles. The first kappa shape index (κ1) is 14.6. The third-order valence-electron chi connectivity index (χ3n) is 2.62. The molecule has 102 valence electrons. The van der Waals surface area contributed by atoms with E-state index in [1.54, 1.807) is 38.5 Å². The van der Waals surface area contributed by atoms with E-state index >= 15 is 0 Å². The van der Waals surface area contributed by atoms with Gasteiger partial charge in [-0.3, -0.25) is 0 Å². The molecule has 1 aromatic carbocycles. The molecule has 19 heavy (non-hydrogen) atoms. The van der Waals surface area contributed by atoms with Gasteiger partial charge >= 0.3 is 0 Å². The molecule has 0 saturated carbocycles. The molecule has 0 spiro atoms. The number of alkyl halides is 1. The van der Waals surface area contributed by atoms with E-state index in [0.29, 0.717) is 22.5 Å². The van der Waals surface area contributed by atoms with E-state index < -0.39 is 5.38 Å². The number of hydrogen-bond donors (Lipinski definition) is 0. The maximum atomic E-state index is 6.40. The van der Waals surface area contributed by atoms with Crippen molar-refractivity contribution in [1.82, 2.24) is 0 Å². The molecule has 0 aliphatic heterocycles. The topological polar surface area (TPSA) is 31.6 Å². The third-order valence-corrected chi connectivity index (χ3v) is 3.96. The number of benzene rings is 1. The van der Waals surface area contributed by atoms with Gasteiger partial charge in [0.2, 0.25) is 0 Å². The van der Waals surface area contributed by atoms with Crippen LogP contribution in [0.5, 0.6) is 11.5 Å². The SMILES string of the molecule is COc1cc(Br)c(C(Cl)c2ccc(Cl)o2)cc1OC. The van der Waals surface area contributed by atoms with Gasteiger partial charge in [-0.1, -0.05) is 15.9 Å². The largest absolute Gasteiger partial charge is 0.493 e. The fraction of sp³-hybridized carbons (Fsp3) is 0.231. The molecule has 2 rings (SSSR count). The molecule has 2 aromatic rings. The smallest absolute Gasteiger partial charge is 0.193 e. The predicted octanol–water partition coefficient (Wildman–Crippen LogP) is 5.04. The number of halogens is 3. The lowest BCUT2D eigenvalue weighted by atomic mass is 10.1. The van der Waals surface area contributed by atoms with E-state index in [1.165, 1.54) is 0 Å². The Bertz CT molecular complexity index is 583. The molecule has 0 radical (unpaired) electrons. The minimum absolute atomic E-state index is 0.303. The Morgan fingerprint density at radius 3 is 2.32 bits per heavy atom. The molecule has 0 bridgehead atoms. The van der Waals surface area contributed by atoms with Crippen LogP contribution < -0.4 is 9.47 Å². The van der Waals surface area contributed by atoms with Gasteiger partial charge in [-0.25, -0.2) is 0 Å². The number of ether oxygens (including phenoxy) is 2. The molecule has 0 aliphatic carbocycles. The molecule has 0 N–H and O–H groups in total. The molecular formula is C13H11BrCl2O3. The number of methoxy groups -OCH3 is 2. The van der Waals surface area contributed by atoms with Crippen molar-refractivity contribution in [2.24, 2.45) is 0 Å². The van der Waals surface area contributed by atoms with Gasteiger partial charge < -0.3 is 13.9 Å². The Kier molecular flexibility index (Phi) is 4.66. The van der Waals surface area contributed by atoms with Gasteiger partial charge in [0, 0.05) is 4.47 Å². The molecule has 1 unspecified atom stereocenters. The highest BCUT2D eigenvalue weighted by molar-refractivity contribution is 9.10. The first-order valence-electron chi connectivity index (χ1n) is 5.37. The van der Waals surface area contributed by atoms with Gasteiger partial charge in [-0.2, -0.15) is 0 Å². The van der Waals surface area contributed by atoms with E-state index in [0.717, 1.165) is 10.0 Å². The maximum Gasteiger partial charge on any atom is 0.193 e. The minimum atomic E-state index is -0.471.